The Hall–Kier alpha value is -1.77. The fraction of sp³-hybridized carbons (Fsp3) is 0.588. The minimum absolute atomic E-state index is 0.0311. The van der Waals surface area contributed by atoms with Crippen LogP contribution in [0.3, 0.4) is 0 Å². The summed E-state index contributed by atoms with van der Waals surface area (Å²) in [4.78, 5) is 14.7. The zero-order chi connectivity index (χ0) is 17.5. The summed E-state index contributed by atoms with van der Waals surface area (Å²) in [6.07, 6.45) is 4.12. The fourth-order valence-electron chi connectivity index (χ4n) is 2.89. The van der Waals surface area contributed by atoms with Gasteiger partial charge in [0.15, 0.2) is 0 Å². The highest BCUT2D eigenvalue weighted by Gasteiger charge is 2.26. The maximum Gasteiger partial charge on any atom is 0.229 e. The molecule has 0 aliphatic carbocycles. The zero-order valence-electron chi connectivity index (χ0n) is 14.4. The molecule has 136 valence electrons. The minimum atomic E-state index is 0.0311. The van der Waals surface area contributed by atoms with Gasteiger partial charge in [-0.3, -0.25) is 9.69 Å². The number of ether oxygens (including phenoxy) is 1. The number of amides is 1. The molecule has 2 aromatic rings. The van der Waals surface area contributed by atoms with Crippen LogP contribution in [-0.2, 0) is 22.5 Å². The molecule has 1 saturated heterocycles. The van der Waals surface area contributed by atoms with Crippen LogP contribution in [0.1, 0.15) is 30.5 Å². The zero-order valence-corrected chi connectivity index (χ0v) is 15.3. The first-order chi connectivity index (χ1) is 12.2. The Bertz CT molecular complexity index is 651. The quantitative estimate of drug-likeness (QED) is 0.725. The minimum Gasteiger partial charge on any atom is -0.468 e. The van der Waals surface area contributed by atoms with Gasteiger partial charge in [0, 0.05) is 18.9 Å². The summed E-state index contributed by atoms with van der Waals surface area (Å²) in [5.41, 5.74) is 0. The van der Waals surface area contributed by atoms with Crippen molar-refractivity contribution in [1.82, 2.24) is 15.1 Å². The number of nitrogens with one attached hydrogen (secondary N) is 1. The Labute approximate surface area is 151 Å². The Morgan fingerprint density at radius 3 is 3.00 bits per heavy atom. The molecular weight excluding hydrogens is 340 g/mol. The normalized spacial score (nSPS) is 16.2. The second-order valence-corrected chi connectivity index (χ2v) is 7.13. The Morgan fingerprint density at radius 1 is 1.44 bits per heavy atom. The lowest BCUT2D eigenvalue weighted by Crippen LogP contribution is -2.37. The van der Waals surface area contributed by atoms with Gasteiger partial charge in [-0.25, -0.2) is 0 Å². The van der Waals surface area contributed by atoms with Gasteiger partial charge >= 0.3 is 0 Å². The van der Waals surface area contributed by atoms with E-state index in [0.29, 0.717) is 18.3 Å². The van der Waals surface area contributed by atoms with E-state index in [1.807, 2.05) is 19.1 Å². The highest BCUT2D eigenvalue weighted by molar-refractivity contribution is 7.15. The van der Waals surface area contributed by atoms with E-state index in [2.05, 4.69) is 20.4 Å². The van der Waals surface area contributed by atoms with Crippen molar-refractivity contribution in [3.8, 4) is 0 Å². The van der Waals surface area contributed by atoms with Gasteiger partial charge in [0.05, 0.1) is 19.4 Å². The first-order valence-electron chi connectivity index (χ1n) is 8.70. The summed E-state index contributed by atoms with van der Waals surface area (Å²) in [5.74, 6) is 1.05. The number of carbonyl (C=O) groups is 1. The van der Waals surface area contributed by atoms with Crippen LogP contribution in [0, 0.1) is 5.92 Å². The highest BCUT2D eigenvalue weighted by Crippen LogP contribution is 2.22. The molecule has 1 N–H and O–H groups in total. The molecule has 0 saturated carbocycles. The fourth-order valence-corrected chi connectivity index (χ4v) is 3.62. The third-order valence-electron chi connectivity index (χ3n) is 4.28. The molecule has 1 fully saturated rings. The third-order valence-corrected chi connectivity index (χ3v) is 5.18. The molecular formula is C17H24N4O3S. The predicted molar refractivity (Wildman–Crippen MR) is 95.4 cm³/mol. The average Bonchev–Trinajstić information content (AvgIpc) is 3.28. The molecule has 3 rings (SSSR count). The van der Waals surface area contributed by atoms with Crippen molar-refractivity contribution in [3.63, 3.8) is 0 Å². The average molecular weight is 364 g/mol. The Balaban J connectivity index is 1.42. The van der Waals surface area contributed by atoms with Crippen LogP contribution in [0.2, 0.25) is 0 Å². The number of aromatic nitrogens is 2. The monoisotopic (exact) mass is 364 g/mol. The number of anilines is 1. The van der Waals surface area contributed by atoms with Gasteiger partial charge in [0.1, 0.15) is 10.8 Å². The number of piperidine rings is 1. The third kappa shape index (κ3) is 5.35. The van der Waals surface area contributed by atoms with Crippen molar-refractivity contribution in [1.29, 1.82) is 0 Å². The van der Waals surface area contributed by atoms with E-state index in [-0.39, 0.29) is 11.8 Å². The van der Waals surface area contributed by atoms with Crippen molar-refractivity contribution in [3.05, 3.63) is 29.2 Å². The van der Waals surface area contributed by atoms with Gasteiger partial charge in [0.2, 0.25) is 11.0 Å². The number of nitrogens with zero attached hydrogens (tertiary/aromatic N) is 3. The molecule has 25 heavy (non-hydrogen) atoms. The first-order valence-corrected chi connectivity index (χ1v) is 9.52. The summed E-state index contributed by atoms with van der Waals surface area (Å²) in [7, 11) is 0. The van der Waals surface area contributed by atoms with Gasteiger partial charge in [-0.05, 0) is 45.0 Å². The van der Waals surface area contributed by atoms with Gasteiger partial charge in [-0.15, -0.1) is 10.2 Å². The molecule has 0 radical (unpaired) electrons. The molecule has 7 nitrogen and oxygen atoms in total. The summed E-state index contributed by atoms with van der Waals surface area (Å²) >= 11 is 1.42. The molecule has 0 bridgehead atoms. The molecule has 1 amide bonds. The Kier molecular flexibility index (Phi) is 6.55. The Morgan fingerprint density at radius 2 is 2.28 bits per heavy atom. The lowest BCUT2D eigenvalue weighted by Gasteiger charge is -2.30. The summed E-state index contributed by atoms with van der Waals surface area (Å²) in [6.45, 7) is 5.89. The maximum absolute atomic E-state index is 12.4. The predicted octanol–water partition coefficient (Wildman–Crippen LogP) is 2.56. The lowest BCUT2D eigenvalue weighted by molar-refractivity contribution is -0.121. The van der Waals surface area contributed by atoms with E-state index in [0.717, 1.165) is 49.7 Å². The second kappa shape index (κ2) is 9.07. The van der Waals surface area contributed by atoms with Crippen LogP contribution in [0.5, 0.6) is 0 Å². The first kappa shape index (κ1) is 18.0. The molecule has 2 aromatic heterocycles. The van der Waals surface area contributed by atoms with Crippen LogP contribution in [0.25, 0.3) is 0 Å². The number of hydrogen-bond acceptors (Lipinski definition) is 7. The molecule has 3 heterocycles. The maximum atomic E-state index is 12.4. The van der Waals surface area contributed by atoms with Gasteiger partial charge in [0.25, 0.3) is 0 Å². The van der Waals surface area contributed by atoms with Crippen LogP contribution in [0.15, 0.2) is 22.8 Å². The molecule has 0 aromatic carbocycles. The van der Waals surface area contributed by atoms with Gasteiger partial charge < -0.3 is 14.5 Å². The molecule has 1 aliphatic rings. The molecule has 8 heteroatoms. The topological polar surface area (TPSA) is 80.5 Å². The van der Waals surface area contributed by atoms with Gasteiger partial charge in [-0.2, -0.15) is 0 Å². The van der Waals surface area contributed by atoms with Crippen LogP contribution in [-0.4, -0.2) is 47.3 Å². The van der Waals surface area contributed by atoms with Crippen molar-refractivity contribution >= 4 is 22.4 Å². The number of hydrogen-bond donors (Lipinski definition) is 1. The van der Waals surface area contributed by atoms with Crippen molar-refractivity contribution < 1.29 is 13.9 Å². The SMILES string of the molecule is CCOCCc1nnc(NC(=O)C2CCN(Cc3ccco3)CC2)s1. The lowest BCUT2D eigenvalue weighted by atomic mass is 9.96. The van der Waals surface area contributed by atoms with Gasteiger partial charge in [-0.1, -0.05) is 11.3 Å². The smallest absolute Gasteiger partial charge is 0.229 e. The van der Waals surface area contributed by atoms with E-state index in [1.54, 1.807) is 6.26 Å². The highest BCUT2D eigenvalue weighted by atomic mass is 32.1. The standard InChI is InChI=1S/C17H24N4O3S/c1-2-23-11-7-15-19-20-17(25-15)18-16(22)13-5-8-21(9-6-13)12-14-4-3-10-24-14/h3-4,10,13H,2,5-9,11-12H2,1H3,(H,18,20,22). The van der Waals surface area contributed by atoms with Crippen molar-refractivity contribution in [2.45, 2.75) is 32.7 Å². The number of likely N-dealkylation sites (tertiary alicyclic amines) is 1. The number of furan rings is 1. The van der Waals surface area contributed by atoms with E-state index < -0.39 is 0 Å². The van der Waals surface area contributed by atoms with Crippen molar-refractivity contribution in [2.24, 2.45) is 5.92 Å². The second-order valence-electron chi connectivity index (χ2n) is 6.07. The van der Waals surface area contributed by atoms with Crippen LogP contribution < -0.4 is 5.32 Å². The van der Waals surface area contributed by atoms with Crippen molar-refractivity contribution in [2.75, 3.05) is 31.6 Å². The largest absolute Gasteiger partial charge is 0.468 e. The van der Waals surface area contributed by atoms with Crippen LogP contribution in [0.4, 0.5) is 5.13 Å². The number of carbonyl (C=O) groups excluding carboxylic acids is 1. The summed E-state index contributed by atoms with van der Waals surface area (Å²) in [5, 5.41) is 12.5. The van der Waals surface area contributed by atoms with E-state index in [1.165, 1.54) is 11.3 Å². The van der Waals surface area contributed by atoms with E-state index in [9.17, 15) is 4.79 Å². The molecule has 0 atom stereocenters. The number of rotatable bonds is 8. The molecule has 0 unspecified atom stereocenters. The van der Waals surface area contributed by atoms with Crippen LogP contribution >= 0.6 is 11.3 Å². The molecule has 1 aliphatic heterocycles. The van der Waals surface area contributed by atoms with E-state index in [4.69, 9.17) is 9.15 Å². The summed E-state index contributed by atoms with van der Waals surface area (Å²) < 4.78 is 10.7. The van der Waals surface area contributed by atoms with E-state index >= 15 is 0 Å². The molecule has 0 spiro atoms. The summed E-state index contributed by atoms with van der Waals surface area (Å²) in [6, 6.07) is 3.89.